The lowest BCUT2D eigenvalue weighted by molar-refractivity contribution is 0.193. The lowest BCUT2D eigenvalue weighted by atomic mass is 10.1. The highest BCUT2D eigenvalue weighted by atomic mass is 19.1. The monoisotopic (exact) mass is 229 g/mol. The minimum absolute atomic E-state index is 0.0971. The number of benzene rings is 1. The first-order valence-corrected chi connectivity index (χ1v) is 5.33. The van der Waals surface area contributed by atoms with Gasteiger partial charge in [0, 0.05) is 25.3 Å². The van der Waals surface area contributed by atoms with Gasteiger partial charge in [-0.05, 0) is 32.0 Å². The molecular weight excluding hydrogens is 212 g/mol. The van der Waals surface area contributed by atoms with Gasteiger partial charge < -0.3 is 10.1 Å². The first kappa shape index (κ1) is 13.1. The largest absolute Gasteiger partial charge is 0.385 e. The van der Waals surface area contributed by atoms with Crippen molar-refractivity contribution in [3.63, 3.8) is 0 Å². The summed E-state index contributed by atoms with van der Waals surface area (Å²) in [6.07, 6.45) is 0.816. The fraction of sp³-hybridized carbons (Fsp3) is 0.500. The second-order valence-corrected chi connectivity index (χ2v) is 3.66. The van der Waals surface area contributed by atoms with Crippen molar-refractivity contribution in [3.05, 3.63) is 35.4 Å². The lowest BCUT2D eigenvalue weighted by Crippen LogP contribution is -2.22. The van der Waals surface area contributed by atoms with Crippen LogP contribution in [0, 0.1) is 11.6 Å². The molecule has 0 aliphatic carbocycles. The average molecular weight is 229 g/mol. The molecule has 0 aromatic heterocycles. The third-order valence-electron chi connectivity index (χ3n) is 2.41. The van der Waals surface area contributed by atoms with Crippen LogP contribution in [-0.4, -0.2) is 20.3 Å². The molecule has 2 nitrogen and oxygen atoms in total. The quantitative estimate of drug-likeness (QED) is 0.757. The van der Waals surface area contributed by atoms with E-state index in [9.17, 15) is 8.78 Å². The molecule has 90 valence electrons. The number of rotatable bonds is 6. The first-order valence-electron chi connectivity index (χ1n) is 5.33. The van der Waals surface area contributed by atoms with Gasteiger partial charge in [0.05, 0.1) is 0 Å². The molecule has 0 aliphatic heterocycles. The van der Waals surface area contributed by atoms with Gasteiger partial charge in [-0.1, -0.05) is 6.07 Å². The van der Waals surface area contributed by atoms with Crippen LogP contribution in [0.5, 0.6) is 0 Å². The van der Waals surface area contributed by atoms with E-state index in [4.69, 9.17) is 4.74 Å². The Morgan fingerprint density at radius 1 is 1.31 bits per heavy atom. The van der Waals surface area contributed by atoms with Crippen molar-refractivity contribution in [1.82, 2.24) is 5.32 Å². The van der Waals surface area contributed by atoms with Gasteiger partial charge in [0.15, 0.2) is 0 Å². The maximum atomic E-state index is 13.4. The Labute approximate surface area is 94.6 Å². The number of halogens is 2. The SMILES string of the molecule is COCCCNC(C)c1c(F)cccc1F. The maximum Gasteiger partial charge on any atom is 0.130 e. The van der Waals surface area contributed by atoms with Gasteiger partial charge in [0.1, 0.15) is 11.6 Å². The molecular formula is C12H17F2NO. The third-order valence-corrected chi connectivity index (χ3v) is 2.41. The third kappa shape index (κ3) is 3.54. The van der Waals surface area contributed by atoms with Gasteiger partial charge in [-0.3, -0.25) is 0 Å². The summed E-state index contributed by atoms with van der Waals surface area (Å²) in [6, 6.07) is 3.57. The van der Waals surface area contributed by atoms with Crippen LogP contribution in [0.2, 0.25) is 0 Å². The minimum atomic E-state index is -0.508. The van der Waals surface area contributed by atoms with Crippen molar-refractivity contribution in [3.8, 4) is 0 Å². The van der Waals surface area contributed by atoms with Crippen molar-refractivity contribution in [1.29, 1.82) is 0 Å². The van der Waals surface area contributed by atoms with Crippen molar-refractivity contribution in [2.24, 2.45) is 0 Å². The van der Waals surface area contributed by atoms with E-state index in [0.29, 0.717) is 13.2 Å². The zero-order valence-corrected chi connectivity index (χ0v) is 9.59. The molecule has 0 saturated heterocycles. The molecule has 1 N–H and O–H groups in total. The fourth-order valence-electron chi connectivity index (χ4n) is 1.56. The number of ether oxygens (including phenoxy) is 1. The van der Waals surface area contributed by atoms with E-state index in [-0.39, 0.29) is 11.6 Å². The maximum absolute atomic E-state index is 13.4. The molecule has 1 aromatic rings. The smallest absolute Gasteiger partial charge is 0.130 e. The standard InChI is InChI=1S/C12H17F2NO/c1-9(15-7-4-8-16-2)12-10(13)5-3-6-11(12)14/h3,5-6,9,15H,4,7-8H2,1-2H3. The van der Waals surface area contributed by atoms with Crippen LogP contribution in [0.4, 0.5) is 8.78 Å². The average Bonchev–Trinajstić information content (AvgIpc) is 2.24. The Kier molecular flexibility index (Phi) is 5.35. The van der Waals surface area contributed by atoms with Crippen molar-refractivity contribution in [2.45, 2.75) is 19.4 Å². The number of nitrogens with one attached hydrogen (secondary N) is 1. The van der Waals surface area contributed by atoms with Gasteiger partial charge >= 0.3 is 0 Å². The molecule has 0 saturated carbocycles. The van der Waals surface area contributed by atoms with E-state index in [1.807, 2.05) is 0 Å². The van der Waals surface area contributed by atoms with Gasteiger partial charge in [0.25, 0.3) is 0 Å². The Morgan fingerprint density at radius 2 is 1.94 bits per heavy atom. The van der Waals surface area contributed by atoms with E-state index in [1.165, 1.54) is 18.2 Å². The van der Waals surface area contributed by atoms with E-state index in [2.05, 4.69) is 5.32 Å². The second kappa shape index (κ2) is 6.55. The highest BCUT2D eigenvalue weighted by Gasteiger charge is 2.14. The van der Waals surface area contributed by atoms with E-state index >= 15 is 0 Å². The summed E-state index contributed by atoms with van der Waals surface area (Å²) in [5, 5.41) is 3.06. The fourth-order valence-corrected chi connectivity index (χ4v) is 1.56. The van der Waals surface area contributed by atoms with Crippen LogP contribution in [0.15, 0.2) is 18.2 Å². The summed E-state index contributed by atoms with van der Waals surface area (Å²) >= 11 is 0. The summed E-state index contributed by atoms with van der Waals surface area (Å²) in [5.41, 5.74) is 0.0971. The topological polar surface area (TPSA) is 21.3 Å². The molecule has 0 aliphatic rings. The van der Waals surface area contributed by atoms with Gasteiger partial charge in [-0.15, -0.1) is 0 Å². The van der Waals surface area contributed by atoms with Crippen molar-refractivity contribution >= 4 is 0 Å². The molecule has 0 heterocycles. The summed E-state index contributed by atoms with van der Waals surface area (Å²) < 4.78 is 31.6. The second-order valence-electron chi connectivity index (χ2n) is 3.66. The Bertz CT molecular complexity index is 311. The molecule has 1 unspecified atom stereocenters. The zero-order valence-electron chi connectivity index (χ0n) is 9.59. The molecule has 1 aromatic carbocycles. The van der Waals surface area contributed by atoms with Crippen LogP contribution >= 0.6 is 0 Å². The molecule has 0 spiro atoms. The van der Waals surface area contributed by atoms with Crippen LogP contribution in [-0.2, 0) is 4.74 Å². The Morgan fingerprint density at radius 3 is 2.50 bits per heavy atom. The van der Waals surface area contributed by atoms with E-state index < -0.39 is 11.6 Å². The molecule has 16 heavy (non-hydrogen) atoms. The van der Waals surface area contributed by atoms with Crippen LogP contribution in [0.25, 0.3) is 0 Å². The molecule has 1 rings (SSSR count). The van der Waals surface area contributed by atoms with Crippen LogP contribution in [0.1, 0.15) is 24.9 Å². The summed E-state index contributed by atoms with van der Waals surface area (Å²) in [4.78, 5) is 0. The molecule has 0 bridgehead atoms. The lowest BCUT2D eigenvalue weighted by Gasteiger charge is -2.15. The predicted molar refractivity (Wildman–Crippen MR) is 59.3 cm³/mol. The van der Waals surface area contributed by atoms with Crippen LogP contribution < -0.4 is 5.32 Å². The zero-order chi connectivity index (χ0) is 12.0. The highest BCUT2D eigenvalue weighted by molar-refractivity contribution is 5.22. The summed E-state index contributed by atoms with van der Waals surface area (Å²) in [5.74, 6) is -1.02. The normalized spacial score (nSPS) is 12.8. The van der Waals surface area contributed by atoms with Gasteiger partial charge in [-0.2, -0.15) is 0 Å². The molecule has 4 heteroatoms. The van der Waals surface area contributed by atoms with E-state index in [1.54, 1.807) is 14.0 Å². The number of hydrogen-bond donors (Lipinski definition) is 1. The first-order chi connectivity index (χ1) is 7.66. The molecule has 0 amide bonds. The van der Waals surface area contributed by atoms with E-state index in [0.717, 1.165) is 6.42 Å². The predicted octanol–water partition coefficient (Wildman–Crippen LogP) is 2.65. The van der Waals surface area contributed by atoms with Gasteiger partial charge in [-0.25, -0.2) is 8.78 Å². The summed E-state index contributed by atoms with van der Waals surface area (Å²) in [6.45, 7) is 3.05. The van der Waals surface area contributed by atoms with Crippen molar-refractivity contribution in [2.75, 3.05) is 20.3 Å². The van der Waals surface area contributed by atoms with Gasteiger partial charge in [0.2, 0.25) is 0 Å². The Balaban J connectivity index is 2.55. The molecule has 0 radical (unpaired) electrons. The molecule has 0 fully saturated rings. The summed E-state index contributed by atoms with van der Waals surface area (Å²) in [7, 11) is 1.62. The number of hydrogen-bond acceptors (Lipinski definition) is 2. The van der Waals surface area contributed by atoms with Crippen molar-refractivity contribution < 1.29 is 13.5 Å². The molecule has 1 atom stereocenters. The highest BCUT2D eigenvalue weighted by Crippen LogP contribution is 2.19. The minimum Gasteiger partial charge on any atom is -0.385 e. The Hall–Kier alpha value is -1.00. The van der Waals surface area contributed by atoms with Crippen LogP contribution in [0.3, 0.4) is 0 Å². The number of methoxy groups -OCH3 is 1.